The van der Waals surface area contributed by atoms with Crippen molar-refractivity contribution in [2.24, 2.45) is 10.4 Å². The van der Waals surface area contributed by atoms with Crippen molar-refractivity contribution < 1.29 is 4.74 Å². The Labute approximate surface area is 197 Å². The third kappa shape index (κ3) is 3.67. The number of hydrogen-bond donors (Lipinski definition) is 0. The average Bonchev–Trinajstić information content (AvgIpc) is 3.63. The fourth-order valence-electron chi connectivity index (χ4n) is 5.64. The molecule has 0 N–H and O–H groups in total. The highest BCUT2D eigenvalue weighted by molar-refractivity contribution is 7.76. The molecule has 2 aliphatic carbocycles. The molecule has 3 aliphatic rings. The molecule has 0 amide bonds. The fourth-order valence-corrected chi connectivity index (χ4v) is 8.52. The second kappa shape index (κ2) is 8.76. The number of aliphatic imine (C=N–C) groups is 1. The van der Waals surface area contributed by atoms with E-state index in [1.165, 1.54) is 21.7 Å². The summed E-state index contributed by atoms with van der Waals surface area (Å²) in [5.74, 6) is 0.880. The third-order valence-electron chi connectivity index (χ3n) is 7.17. The van der Waals surface area contributed by atoms with Crippen LogP contribution in [0.1, 0.15) is 37.3 Å². The lowest BCUT2D eigenvalue weighted by molar-refractivity contribution is 0.311. The quantitative estimate of drug-likeness (QED) is 0.399. The smallest absolute Gasteiger partial charge is 0.213 e. The number of allylic oxidation sites excluding steroid dienone is 3. The molecule has 1 spiro atoms. The number of benzene rings is 3. The minimum Gasteiger partial charge on any atom is -0.475 e. The molecular formula is C30H28NOP. The van der Waals surface area contributed by atoms with Crippen molar-refractivity contribution in [3.8, 4) is 0 Å². The zero-order valence-corrected chi connectivity index (χ0v) is 19.6. The molecule has 3 heteroatoms. The predicted octanol–water partition coefficient (Wildman–Crippen LogP) is 6.67. The number of ether oxygens (including phenoxy) is 1. The molecule has 2 nitrogen and oxygen atoms in total. The molecule has 164 valence electrons. The van der Waals surface area contributed by atoms with Gasteiger partial charge < -0.3 is 4.74 Å². The lowest BCUT2D eigenvalue weighted by Crippen LogP contribution is -2.28. The third-order valence-corrected chi connectivity index (χ3v) is 9.89. The Morgan fingerprint density at radius 1 is 0.727 bits per heavy atom. The molecule has 0 saturated carbocycles. The zero-order chi connectivity index (χ0) is 22.1. The van der Waals surface area contributed by atoms with E-state index in [1.54, 1.807) is 5.31 Å². The van der Waals surface area contributed by atoms with Gasteiger partial charge in [0.15, 0.2) is 0 Å². The van der Waals surface area contributed by atoms with Crippen LogP contribution < -0.4 is 10.6 Å². The van der Waals surface area contributed by atoms with E-state index in [2.05, 4.69) is 103 Å². The van der Waals surface area contributed by atoms with E-state index in [-0.39, 0.29) is 11.5 Å². The van der Waals surface area contributed by atoms with Crippen molar-refractivity contribution in [3.05, 3.63) is 120 Å². The molecule has 6 rings (SSSR count). The van der Waals surface area contributed by atoms with Gasteiger partial charge in [-0.05, 0) is 55.1 Å². The maximum Gasteiger partial charge on any atom is 0.213 e. The molecule has 0 fully saturated rings. The normalized spacial score (nSPS) is 24.0. The van der Waals surface area contributed by atoms with Gasteiger partial charge in [-0.3, -0.25) is 0 Å². The predicted molar refractivity (Wildman–Crippen MR) is 139 cm³/mol. The first-order valence-electron chi connectivity index (χ1n) is 11.9. The average molecular weight is 450 g/mol. The van der Waals surface area contributed by atoms with Crippen LogP contribution >= 0.6 is 7.92 Å². The summed E-state index contributed by atoms with van der Waals surface area (Å²) in [5, 5.41) is 4.44. The van der Waals surface area contributed by atoms with Crippen LogP contribution in [-0.2, 0) is 4.74 Å². The first kappa shape index (κ1) is 20.6. The van der Waals surface area contributed by atoms with E-state index in [0.717, 1.165) is 31.6 Å². The number of nitrogens with zero attached hydrogens (tertiary/aromatic N) is 1. The molecule has 0 saturated heterocycles. The van der Waals surface area contributed by atoms with Crippen LogP contribution in [0.3, 0.4) is 0 Å². The molecule has 3 aromatic rings. The van der Waals surface area contributed by atoms with Gasteiger partial charge in [0.2, 0.25) is 5.90 Å². The van der Waals surface area contributed by atoms with Crippen molar-refractivity contribution >= 4 is 24.4 Å². The van der Waals surface area contributed by atoms with Gasteiger partial charge in [0.25, 0.3) is 0 Å². The fraction of sp³-hybridized carbons (Fsp3) is 0.233. The zero-order valence-electron chi connectivity index (χ0n) is 18.7. The first-order valence-corrected chi connectivity index (χ1v) is 13.3. The van der Waals surface area contributed by atoms with Crippen molar-refractivity contribution in [2.75, 3.05) is 6.61 Å². The summed E-state index contributed by atoms with van der Waals surface area (Å²) in [6.07, 6.45) is 9.48. The summed E-state index contributed by atoms with van der Waals surface area (Å²) in [6, 6.07) is 32.8. The van der Waals surface area contributed by atoms with Crippen LogP contribution in [0.4, 0.5) is 0 Å². The molecule has 33 heavy (non-hydrogen) atoms. The summed E-state index contributed by atoms with van der Waals surface area (Å²) in [6.45, 7) is 0.637. The monoisotopic (exact) mass is 449 g/mol. The van der Waals surface area contributed by atoms with Gasteiger partial charge in [-0.15, -0.1) is 0 Å². The van der Waals surface area contributed by atoms with E-state index < -0.39 is 7.92 Å². The van der Waals surface area contributed by atoms with Crippen molar-refractivity contribution in [1.82, 2.24) is 0 Å². The van der Waals surface area contributed by atoms with Crippen LogP contribution in [0.15, 0.2) is 119 Å². The van der Waals surface area contributed by atoms with E-state index >= 15 is 0 Å². The summed E-state index contributed by atoms with van der Waals surface area (Å²) in [7, 11) is -0.598. The Morgan fingerprint density at radius 3 is 1.94 bits per heavy atom. The maximum atomic E-state index is 6.29. The van der Waals surface area contributed by atoms with Gasteiger partial charge in [-0.2, -0.15) is 0 Å². The van der Waals surface area contributed by atoms with Crippen molar-refractivity contribution in [2.45, 2.75) is 31.7 Å². The van der Waals surface area contributed by atoms with E-state index in [1.807, 2.05) is 0 Å². The Morgan fingerprint density at radius 2 is 1.30 bits per heavy atom. The summed E-state index contributed by atoms with van der Waals surface area (Å²) < 4.78 is 6.29. The highest BCUT2D eigenvalue weighted by Gasteiger charge is 2.49. The largest absolute Gasteiger partial charge is 0.475 e. The Balaban J connectivity index is 1.40. The summed E-state index contributed by atoms with van der Waals surface area (Å²) >= 11 is 0. The van der Waals surface area contributed by atoms with Gasteiger partial charge >= 0.3 is 0 Å². The molecule has 3 aromatic carbocycles. The first-order chi connectivity index (χ1) is 16.4. The molecule has 0 radical (unpaired) electrons. The SMILES string of the molecule is C1=C(C2=N[C@@H](c3ccccc3)CO2)[C@@]2(CC1)CCC=C2P(c1ccccc1)c1ccccc1. The van der Waals surface area contributed by atoms with Crippen LogP contribution in [0.25, 0.3) is 0 Å². The minimum atomic E-state index is -0.598. The Kier molecular flexibility index (Phi) is 5.48. The lowest BCUT2D eigenvalue weighted by Gasteiger charge is -2.36. The van der Waals surface area contributed by atoms with Crippen molar-refractivity contribution in [3.63, 3.8) is 0 Å². The second-order valence-electron chi connectivity index (χ2n) is 9.04. The van der Waals surface area contributed by atoms with Crippen LogP contribution in [0, 0.1) is 5.41 Å². The van der Waals surface area contributed by atoms with Gasteiger partial charge in [0.05, 0.1) is 0 Å². The molecule has 2 atom stereocenters. The van der Waals surface area contributed by atoms with Gasteiger partial charge in [-0.1, -0.05) is 103 Å². The molecule has 1 aliphatic heterocycles. The standard InChI is InChI=1S/C30H28NOP/c1-4-12-23(13-5-1)27-22-32-29(31-27)26-18-10-20-30(26)21-11-19-28(30)33(24-14-6-2-7-15-24)25-16-8-3-9-17-25/h1-9,12-19,27H,10-11,20-22H2/t27-,30-/m1/s1. The second-order valence-corrected chi connectivity index (χ2v) is 11.2. The van der Waals surface area contributed by atoms with Gasteiger partial charge in [-0.25, -0.2) is 4.99 Å². The van der Waals surface area contributed by atoms with Gasteiger partial charge in [0, 0.05) is 11.0 Å². The molecule has 0 aromatic heterocycles. The molecule has 1 heterocycles. The Bertz CT molecular complexity index is 1170. The lowest BCUT2D eigenvalue weighted by atomic mass is 9.80. The molecular weight excluding hydrogens is 421 g/mol. The van der Waals surface area contributed by atoms with Crippen LogP contribution in [0.2, 0.25) is 0 Å². The highest BCUT2D eigenvalue weighted by Crippen LogP contribution is 2.63. The van der Waals surface area contributed by atoms with Gasteiger partial charge in [0.1, 0.15) is 12.6 Å². The molecule has 0 unspecified atom stereocenters. The Hall–Kier alpha value is -2.96. The number of rotatable bonds is 5. The topological polar surface area (TPSA) is 21.6 Å². The van der Waals surface area contributed by atoms with Crippen LogP contribution in [-0.4, -0.2) is 12.5 Å². The summed E-state index contributed by atoms with van der Waals surface area (Å²) in [5.41, 5.74) is 2.61. The summed E-state index contributed by atoms with van der Waals surface area (Å²) in [4.78, 5) is 5.10. The van der Waals surface area contributed by atoms with Crippen LogP contribution in [0.5, 0.6) is 0 Å². The van der Waals surface area contributed by atoms with Crippen molar-refractivity contribution in [1.29, 1.82) is 0 Å². The minimum absolute atomic E-state index is 0.0435. The van der Waals surface area contributed by atoms with E-state index in [4.69, 9.17) is 9.73 Å². The highest BCUT2D eigenvalue weighted by atomic mass is 31.1. The number of hydrogen-bond acceptors (Lipinski definition) is 2. The van der Waals surface area contributed by atoms with E-state index in [9.17, 15) is 0 Å². The molecule has 0 bridgehead atoms. The van der Waals surface area contributed by atoms with E-state index in [0.29, 0.717) is 6.61 Å². The maximum absolute atomic E-state index is 6.29.